The van der Waals surface area contributed by atoms with E-state index < -0.39 is 11.8 Å². The minimum atomic E-state index is -1.25. The van der Waals surface area contributed by atoms with E-state index in [1.54, 1.807) is 13.3 Å². The normalized spacial score (nSPS) is 27.9. The van der Waals surface area contributed by atoms with Crippen molar-refractivity contribution in [2.45, 2.75) is 37.8 Å². The molecule has 5 atom stereocenters. The summed E-state index contributed by atoms with van der Waals surface area (Å²) in [7, 11) is 1.62. The van der Waals surface area contributed by atoms with Crippen LogP contribution in [0.2, 0.25) is 0 Å². The number of aromatic nitrogens is 1. The fraction of sp³-hybridized carbons (Fsp3) is 0.478. The number of piperidine rings is 3. The van der Waals surface area contributed by atoms with Gasteiger partial charge in [0, 0.05) is 23.7 Å². The van der Waals surface area contributed by atoms with Gasteiger partial charge in [0.1, 0.15) is 5.75 Å². The quantitative estimate of drug-likeness (QED) is 0.575. The molecule has 1 aromatic heterocycles. The highest BCUT2D eigenvalue weighted by molar-refractivity contribution is 5.84. The first-order valence-corrected chi connectivity index (χ1v) is 10.2. The lowest BCUT2D eigenvalue weighted by Gasteiger charge is -2.55. The lowest BCUT2D eigenvalue weighted by Crippen LogP contribution is -2.61. The molecule has 3 saturated heterocycles. The number of ether oxygens (including phenoxy) is 2. The van der Waals surface area contributed by atoms with Crippen molar-refractivity contribution < 1.29 is 19.4 Å². The van der Waals surface area contributed by atoms with E-state index in [0.29, 0.717) is 24.0 Å². The first kappa shape index (κ1) is 19.7. The van der Waals surface area contributed by atoms with Crippen LogP contribution in [0, 0.1) is 11.8 Å². The number of benzene rings is 1. The Morgan fingerprint density at radius 2 is 2.28 bits per heavy atom. The summed E-state index contributed by atoms with van der Waals surface area (Å²) in [6, 6.07) is 7.58. The van der Waals surface area contributed by atoms with Crippen LogP contribution in [0.4, 0.5) is 4.79 Å². The Bertz CT molecular complexity index is 930. The average molecular weight is 396 g/mol. The fourth-order valence-electron chi connectivity index (χ4n) is 5.40. The summed E-state index contributed by atoms with van der Waals surface area (Å²) in [4.78, 5) is 18.7. The van der Waals surface area contributed by atoms with Crippen LogP contribution in [0.3, 0.4) is 0 Å². The number of rotatable bonds is 6. The zero-order valence-electron chi connectivity index (χ0n) is 17.0. The van der Waals surface area contributed by atoms with E-state index in [2.05, 4.69) is 16.5 Å². The van der Waals surface area contributed by atoms with Gasteiger partial charge in [-0.2, -0.15) is 0 Å². The van der Waals surface area contributed by atoms with Crippen molar-refractivity contribution >= 4 is 17.1 Å². The highest BCUT2D eigenvalue weighted by Gasteiger charge is 2.52. The van der Waals surface area contributed by atoms with Crippen molar-refractivity contribution in [3.63, 3.8) is 0 Å². The monoisotopic (exact) mass is 396 g/mol. The lowest BCUT2D eigenvalue weighted by atomic mass is 9.68. The van der Waals surface area contributed by atoms with Gasteiger partial charge in [0.15, 0.2) is 5.60 Å². The molecule has 2 aromatic rings. The van der Waals surface area contributed by atoms with E-state index in [1.165, 1.54) is 0 Å². The van der Waals surface area contributed by atoms with E-state index in [4.69, 9.17) is 9.47 Å². The molecule has 3 fully saturated rings. The maximum atomic E-state index is 11.9. The van der Waals surface area contributed by atoms with Gasteiger partial charge in [0.2, 0.25) is 0 Å². The molecule has 6 heteroatoms. The molecular weight excluding hydrogens is 368 g/mol. The Hall–Kier alpha value is -2.60. The zero-order valence-corrected chi connectivity index (χ0v) is 17.0. The third-order valence-electron chi connectivity index (χ3n) is 6.85. The van der Waals surface area contributed by atoms with Gasteiger partial charge in [-0.15, -0.1) is 6.58 Å². The van der Waals surface area contributed by atoms with Gasteiger partial charge >= 0.3 is 6.16 Å². The summed E-state index contributed by atoms with van der Waals surface area (Å²) in [5.41, 5.74) is 0.693. The van der Waals surface area contributed by atoms with Crippen LogP contribution >= 0.6 is 0 Å². The molecular formula is C23H28N2O4. The van der Waals surface area contributed by atoms with Crippen molar-refractivity contribution in [2.24, 2.45) is 11.8 Å². The van der Waals surface area contributed by atoms with Gasteiger partial charge in [0.25, 0.3) is 0 Å². The molecule has 1 aromatic carbocycles. The number of hydrogen-bond donors (Lipinski definition) is 1. The van der Waals surface area contributed by atoms with Crippen LogP contribution < -0.4 is 4.74 Å². The summed E-state index contributed by atoms with van der Waals surface area (Å²) in [6.07, 6.45) is 5.09. The zero-order chi connectivity index (χ0) is 20.6. The van der Waals surface area contributed by atoms with Crippen molar-refractivity contribution in [1.29, 1.82) is 0 Å². The molecule has 5 rings (SSSR count). The Labute approximate surface area is 171 Å². The smallest absolute Gasteiger partial charge is 0.497 e. The Morgan fingerprint density at radius 3 is 2.90 bits per heavy atom. The van der Waals surface area contributed by atoms with Gasteiger partial charge in [-0.25, -0.2) is 4.79 Å². The van der Waals surface area contributed by atoms with Crippen molar-refractivity contribution in [3.05, 3.63) is 48.7 Å². The minimum absolute atomic E-state index is 0.0182. The molecule has 4 heterocycles. The molecule has 3 aliphatic rings. The average Bonchev–Trinajstić information content (AvgIpc) is 2.76. The Kier molecular flexibility index (Phi) is 5.21. The van der Waals surface area contributed by atoms with Crippen LogP contribution in [-0.4, -0.2) is 47.4 Å². The van der Waals surface area contributed by atoms with Gasteiger partial charge in [-0.3, -0.25) is 9.88 Å². The summed E-state index contributed by atoms with van der Waals surface area (Å²) in [6.45, 7) is 7.86. The second kappa shape index (κ2) is 7.67. The van der Waals surface area contributed by atoms with Crippen LogP contribution in [0.25, 0.3) is 10.9 Å². The third kappa shape index (κ3) is 3.25. The molecule has 3 aliphatic heterocycles. The van der Waals surface area contributed by atoms with E-state index in [0.717, 1.165) is 42.4 Å². The predicted octanol–water partition coefficient (Wildman–Crippen LogP) is 4.44. The van der Waals surface area contributed by atoms with Crippen LogP contribution in [0.15, 0.2) is 43.1 Å². The Balaban J connectivity index is 1.88. The molecule has 0 radical (unpaired) electrons. The number of fused-ring (bicyclic) bond motifs is 4. The second-order valence-electron chi connectivity index (χ2n) is 8.05. The highest BCUT2D eigenvalue weighted by Crippen LogP contribution is 2.48. The molecule has 6 nitrogen and oxygen atoms in total. The summed E-state index contributed by atoms with van der Waals surface area (Å²) in [5.74, 6) is 1.67. The lowest BCUT2D eigenvalue weighted by molar-refractivity contribution is -0.124. The molecule has 29 heavy (non-hydrogen) atoms. The van der Waals surface area contributed by atoms with Crippen LogP contribution in [-0.2, 0) is 10.3 Å². The van der Waals surface area contributed by atoms with Gasteiger partial charge in [0.05, 0.1) is 18.7 Å². The standard InChI is InChI=1S/C23H28N2O4/c1-4-15-14-25-11-9-16(15)12-21(25)23(5-2,29-22(26)27)19-8-10-24-20-7-6-17(28-3)13-18(19)20/h4,6-8,10,13,15-16,21H,1,5,9,11-12,14H2,2-3H3,(H,26,27). The van der Waals surface area contributed by atoms with Crippen molar-refractivity contribution in [1.82, 2.24) is 9.88 Å². The number of hydrogen-bond acceptors (Lipinski definition) is 5. The second-order valence-corrected chi connectivity index (χ2v) is 8.05. The van der Waals surface area contributed by atoms with E-state index in [-0.39, 0.29) is 6.04 Å². The molecule has 2 bridgehead atoms. The van der Waals surface area contributed by atoms with Crippen LogP contribution in [0.5, 0.6) is 5.75 Å². The molecule has 0 saturated carbocycles. The van der Waals surface area contributed by atoms with E-state index in [1.807, 2.05) is 37.3 Å². The predicted molar refractivity (Wildman–Crippen MR) is 111 cm³/mol. The summed E-state index contributed by atoms with van der Waals surface area (Å²) < 4.78 is 11.2. The minimum Gasteiger partial charge on any atom is -0.497 e. The van der Waals surface area contributed by atoms with Crippen molar-refractivity contribution in [3.8, 4) is 5.75 Å². The van der Waals surface area contributed by atoms with Gasteiger partial charge in [-0.05, 0) is 61.9 Å². The fourth-order valence-corrected chi connectivity index (χ4v) is 5.40. The van der Waals surface area contributed by atoms with E-state index in [9.17, 15) is 9.90 Å². The SMILES string of the molecule is C=CC1CN2CCC1CC2C(CC)(OC(=O)O)c1ccnc2ccc(OC)cc12. The Morgan fingerprint density at radius 1 is 1.45 bits per heavy atom. The summed E-state index contributed by atoms with van der Waals surface area (Å²) >= 11 is 0. The van der Waals surface area contributed by atoms with Gasteiger partial charge in [-0.1, -0.05) is 13.0 Å². The maximum Gasteiger partial charge on any atom is 0.506 e. The number of carboxylic acid groups (broad SMARTS) is 1. The molecule has 0 aliphatic carbocycles. The molecule has 154 valence electrons. The number of nitrogens with zero attached hydrogens (tertiary/aromatic N) is 2. The highest BCUT2D eigenvalue weighted by atomic mass is 16.7. The third-order valence-corrected chi connectivity index (χ3v) is 6.85. The number of methoxy groups -OCH3 is 1. The largest absolute Gasteiger partial charge is 0.506 e. The summed E-state index contributed by atoms with van der Waals surface area (Å²) in [5, 5.41) is 10.6. The number of pyridine rings is 1. The molecule has 0 spiro atoms. The first-order chi connectivity index (χ1) is 14.0. The molecule has 0 amide bonds. The molecule has 5 unspecified atom stereocenters. The molecule has 1 N–H and O–H groups in total. The van der Waals surface area contributed by atoms with Crippen LogP contribution in [0.1, 0.15) is 31.7 Å². The van der Waals surface area contributed by atoms with Gasteiger partial charge < -0.3 is 14.6 Å². The number of carbonyl (C=O) groups is 1. The van der Waals surface area contributed by atoms with Crippen molar-refractivity contribution in [2.75, 3.05) is 20.2 Å². The topological polar surface area (TPSA) is 71.9 Å². The first-order valence-electron chi connectivity index (χ1n) is 10.2. The van der Waals surface area contributed by atoms with E-state index >= 15 is 0 Å². The maximum absolute atomic E-state index is 11.9.